The van der Waals surface area contributed by atoms with Crippen molar-refractivity contribution in [2.75, 3.05) is 0 Å². The van der Waals surface area contributed by atoms with Crippen LogP contribution < -0.4 is 5.32 Å². The zero-order chi connectivity index (χ0) is 16.0. The summed E-state index contributed by atoms with van der Waals surface area (Å²) >= 11 is 0.440. The molecule has 0 bridgehead atoms. The molecule has 0 aliphatic heterocycles. The van der Waals surface area contributed by atoms with Gasteiger partial charge in [-0.2, -0.15) is 0 Å². The monoisotopic (exact) mass is 353 g/mol. The van der Waals surface area contributed by atoms with Crippen LogP contribution in [0.5, 0.6) is 0 Å². The number of esters is 1. The number of ether oxygens (including phenoxy) is 2. The molecule has 5 nitrogen and oxygen atoms in total. The molecule has 0 heterocycles. The van der Waals surface area contributed by atoms with Crippen LogP contribution in [0.25, 0.3) is 0 Å². The number of nitrogens with one attached hydrogen (secondary N) is 1. The van der Waals surface area contributed by atoms with Crippen LogP contribution in [0, 0.1) is 0 Å². The zero-order valence-electron chi connectivity index (χ0n) is 13.5. The first kappa shape index (κ1) is 19.3. The van der Waals surface area contributed by atoms with Crippen LogP contribution in [0.1, 0.15) is 48.0 Å². The van der Waals surface area contributed by atoms with Crippen molar-refractivity contribution < 1.29 is 19.1 Å². The summed E-state index contributed by atoms with van der Waals surface area (Å²) in [5, 5.41) is 3.50. The fourth-order valence-corrected chi connectivity index (χ4v) is 2.30. The molecule has 0 aromatic rings. The fraction of sp³-hybridized carbons (Fsp3) is 0.857. The molecule has 0 rings (SSSR count). The number of amides is 1. The molecule has 0 unspecified atom stereocenters. The van der Waals surface area contributed by atoms with E-state index in [4.69, 9.17) is 9.47 Å². The molecule has 0 saturated heterocycles. The molecular formula is C14H27NO4Se. The average Bonchev–Trinajstić information content (AvgIpc) is 2.18. The van der Waals surface area contributed by atoms with Gasteiger partial charge in [-0.15, -0.1) is 0 Å². The van der Waals surface area contributed by atoms with E-state index in [9.17, 15) is 9.59 Å². The van der Waals surface area contributed by atoms with E-state index in [-0.39, 0.29) is 0 Å². The number of carbonyl (C=O) groups is 2. The fourth-order valence-electron chi connectivity index (χ4n) is 1.31. The molecule has 0 aliphatic carbocycles. The van der Waals surface area contributed by atoms with Gasteiger partial charge in [-0.05, 0) is 0 Å². The summed E-state index contributed by atoms with van der Waals surface area (Å²) in [7, 11) is 0. The summed E-state index contributed by atoms with van der Waals surface area (Å²) < 4.78 is 10.5. The zero-order valence-corrected chi connectivity index (χ0v) is 15.2. The number of alkyl carbamates (subject to hydrolysis) is 1. The molecular weight excluding hydrogens is 325 g/mol. The van der Waals surface area contributed by atoms with E-state index < -0.39 is 29.3 Å². The van der Waals surface area contributed by atoms with E-state index in [1.165, 1.54) is 0 Å². The minimum absolute atomic E-state index is 0.410. The van der Waals surface area contributed by atoms with E-state index in [2.05, 4.69) is 11.1 Å². The van der Waals surface area contributed by atoms with Crippen molar-refractivity contribution in [3.63, 3.8) is 0 Å². The Bertz CT molecular complexity index is 331. The third-order valence-electron chi connectivity index (χ3n) is 1.99. The molecule has 118 valence electrons. The predicted molar refractivity (Wildman–Crippen MR) is 80.0 cm³/mol. The Morgan fingerprint density at radius 3 is 1.95 bits per heavy atom. The first-order chi connectivity index (χ1) is 8.94. The average molecular weight is 352 g/mol. The standard InChI is InChI=1S/C14H27NO4Se/c1-13(2,3)18-11(16)10(8-9-20-7)15-12(17)19-14(4,5)6/h10H,8-9H2,1-7H3,(H,15,17)/t10-/m0/s1. The topological polar surface area (TPSA) is 64.6 Å². The second-order valence-corrected chi connectivity index (χ2v) is 8.58. The maximum atomic E-state index is 12.1. The van der Waals surface area contributed by atoms with E-state index in [1.54, 1.807) is 41.5 Å². The Labute approximate surface area is 128 Å². The second kappa shape index (κ2) is 7.89. The summed E-state index contributed by atoms with van der Waals surface area (Å²) in [5.41, 5.74) is -1.15. The van der Waals surface area contributed by atoms with Crippen molar-refractivity contribution in [3.8, 4) is 0 Å². The van der Waals surface area contributed by atoms with Gasteiger partial charge in [-0.3, -0.25) is 0 Å². The van der Waals surface area contributed by atoms with E-state index >= 15 is 0 Å². The Hall–Kier alpha value is -0.741. The van der Waals surface area contributed by atoms with E-state index in [0.29, 0.717) is 21.4 Å². The summed E-state index contributed by atoms with van der Waals surface area (Å²) in [6.45, 7) is 10.8. The molecule has 20 heavy (non-hydrogen) atoms. The SMILES string of the molecule is C[Se]CC[C@H](NC(=O)OC(C)(C)C)C(=O)OC(C)(C)C. The molecule has 1 atom stereocenters. The molecule has 0 radical (unpaired) electrons. The van der Waals surface area contributed by atoms with Gasteiger partial charge in [0.2, 0.25) is 0 Å². The number of hydrogen-bond donors (Lipinski definition) is 1. The van der Waals surface area contributed by atoms with Crippen LogP contribution in [-0.2, 0) is 14.3 Å². The molecule has 1 N–H and O–H groups in total. The van der Waals surface area contributed by atoms with Crippen molar-refractivity contribution >= 4 is 27.0 Å². The molecule has 1 amide bonds. The summed E-state index contributed by atoms with van der Waals surface area (Å²) in [6, 6.07) is -0.647. The van der Waals surface area contributed by atoms with E-state index in [0.717, 1.165) is 5.32 Å². The van der Waals surface area contributed by atoms with Gasteiger partial charge < -0.3 is 0 Å². The van der Waals surface area contributed by atoms with Crippen molar-refractivity contribution in [1.29, 1.82) is 0 Å². The van der Waals surface area contributed by atoms with E-state index in [1.807, 2.05) is 0 Å². The summed E-state index contributed by atoms with van der Waals surface area (Å²) in [6.07, 6.45) is -0.0121. The van der Waals surface area contributed by atoms with Gasteiger partial charge in [-0.25, -0.2) is 0 Å². The van der Waals surface area contributed by atoms with Gasteiger partial charge in [0.05, 0.1) is 0 Å². The summed E-state index contributed by atoms with van der Waals surface area (Å²) in [4.78, 5) is 23.8. The molecule has 0 aromatic carbocycles. The van der Waals surface area contributed by atoms with Gasteiger partial charge in [-0.1, -0.05) is 0 Å². The Morgan fingerprint density at radius 2 is 1.55 bits per heavy atom. The van der Waals surface area contributed by atoms with Gasteiger partial charge in [0.1, 0.15) is 0 Å². The molecule has 0 aliphatic rings. The number of rotatable bonds is 5. The minimum atomic E-state index is -0.647. The first-order valence-corrected chi connectivity index (χ1v) is 9.58. The normalized spacial score (nSPS) is 13.6. The molecule has 0 aromatic heterocycles. The van der Waals surface area contributed by atoms with Crippen molar-refractivity contribution in [3.05, 3.63) is 0 Å². The molecule has 6 heteroatoms. The molecule has 0 spiro atoms. The van der Waals surface area contributed by atoms with Gasteiger partial charge in [0.25, 0.3) is 0 Å². The maximum absolute atomic E-state index is 12.1. The number of carbonyl (C=O) groups excluding carboxylic acids is 2. The van der Waals surface area contributed by atoms with Crippen molar-refractivity contribution in [2.24, 2.45) is 0 Å². The van der Waals surface area contributed by atoms with Crippen LogP contribution in [0.2, 0.25) is 11.1 Å². The van der Waals surface area contributed by atoms with Crippen LogP contribution in [0.3, 0.4) is 0 Å². The van der Waals surface area contributed by atoms with Crippen LogP contribution in [-0.4, -0.2) is 44.3 Å². The van der Waals surface area contributed by atoms with Gasteiger partial charge in [0.15, 0.2) is 0 Å². The molecule has 0 saturated carbocycles. The molecule has 0 fully saturated rings. The Kier molecular flexibility index (Phi) is 7.60. The van der Waals surface area contributed by atoms with Gasteiger partial charge >= 0.3 is 128 Å². The first-order valence-electron chi connectivity index (χ1n) is 6.66. The third-order valence-corrected chi connectivity index (χ3v) is 3.34. The van der Waals surface area contributed by atoms with Crippen molar-refractivity contribution in [2.45, 2.75) is 76.3 Å². The predicted octanol–water partition coefficient (Wildman–Crippen LogP) is 2.78. The van der Waals surface area contributed by atoms with Crippen LogP contribution >= 0.6 is 0 Å². The Balaban J connectivity index is 4.63. The second-order valence-electron chi connectivity index (χ2n) is 6.51. The third kappa shape index (κ3) is 10.1. The van der Waals surface area contributed by atoms with Crippen molar-refractivity contribution in [1.82, 2.24) is 5.32 Å². The van der Waals surface area contributed by atoms with Crippen LogP contribution in [0.15, 0.2) is 0 Å². The quantitative estimate of drug-likeness (QED) is 0.610. The van der Waals surface area contributed by atoms with Gasteiger partial charge in [0, 0.05) is 0 Å². The summed E-state index contributed by atoms with van der Waals surface area (Å²) in [5.74, 6) is 1.68. The van der Waals surface area contributed by atoms with Crippen LogP contribution in [0.4, 0.5) is 4.79 Å². The number of hydrogen-bond acceptors (Lipinski definition) is 4. The Morgan fingerprint density at radius 1 is 1.05 bits per heavy atom.